The standard InChI is InChI=1S/C11H16O2/c12-11(5-4-8-7-9(8)11)10-3-1-2-6-13-10/h3,8-9,12H,1-2,4-7H2. The largest absolute Gasteiger partial charge is 0.495 e. The molecule has 0 spiro atoms. The molecule has 1 N–H and O–H groups in total. The fourth-order valence-electron chi connectivity index (χ4n) is 2.91. The van der Waals surface area contributed by atoms with Crippen LogP contribution in [0.2, 0.25) is 0 Å². The van der Waals surface area contributed by atoms with Gasteiger partial charge in [0.05, 0.1) is 6.61 Å². The highest BCUT2D eigenvalue weighted by Gasteiger charge is 2.59. The van der Waals surface area contributed by atoms with Crippen LogP contribution in [0.15, 0.2) is 11.8 Å². The van der Waals surface area contributed by atoms with Crippen molar-refractivity contribution in [1.82, 2.24) is 0 Å². The fraction of sp³-hybridized carbons (Fsp3) is 0.818. The number of rotatable bonds is 1. The molecule has 0 amide bonds. The Morgan fingerprint density at radius 1 is 1.54 bits per heavy atom. The zero-order valence-corrected chi connectivity index (χ0v) is 7.83. The van der Waals surface area contributed by atoms with Gasteiger partial charge in [-0.15, -0.1) is 0 Å². The first-order chi connectivity index (χ1) is 6.31. The third-order valence-corrected chi connectivity index (χ3v) is 3.79. The Hall–Kier alpha value is -0.500. The lowest BCUT2D eigenvalue weighted by Gasteiger charge is -2.30. The monoisotopic (exact) mass is 180 g/mol. The van der Waals surface area contributed by atoms with E-state index in [1.165, 1.54) is 12.8 Å². The zero-order chi connectivity index (χ0) is 8.89. The Labute approximate surface area is 78.6 Å². The highest BCUT2D eigenvalue weighted by molar-refractivity contribution is 5.22. The first-order valence-electron chi connectivity index (χ1n) is 5.36. The lowest BCUT2D eigenvalue weighted by atomic mass is 9.93. The van der Waals surface area contributed by atoms with Crippen molar-refractivity contribution < 1.29 is 9.84 Å². The minimum Gasteiger partial charge on any atom is -0.495 e. The van der Waals surface area contributed by atoms with E-state index in [4.69, 9.17) is 4.74 Å². The first kappa shape index (κ1) is 7.86. The molecule has 3 atom stereocenters. The van der Waals surface area contributed by atoms with Crippen LogP contribution in [-0.2, 0) is 4.74 Å². The second-order valence-electron chi connectivity index (χ2n) is 4.62. The summed E-state index contributed by atoms with van der Waals surface area (Å²) < 4.78 is 5.57. The summed E-state index contributed by atoms with van der Waals surface area (Å²) in [5.74, 6) is 2.22. The fourth-order valence-corrected chi connectivity index (χ4v) is 2.91. The average Bonchev–Trinajstić information content (AvgIpc) is 2.90. The van der Waals surface area contributed by atoms with Gasteiger partial charge in [0, 0.05) is 0 Å². The molecule has 13 heavy (non-hydrogen) atoms. The van der Waals surface area contributed by atoms with Crippen LogP contribution >= 0.6 is 0 Å². The molecule has 3 rings (SSSR count). The van der Waals surface area contributed by atoms with Crippen molar-refractivity contribution in [3.63, 3.8) is 0 Å². The van der Waals surface area contributed by atoms with Crippen LogP contribution in [0.3, 0.4) is 0 Å². The van der Waals surface area contributed by atoms with E-state index in [2.05, 4.69) is 6.08 Å². The van der Waals surface area contributed by atoms with Crippen LogP contribution in [0.4, 0.5) is 0 Å². The van der Waals surface area contributed by atoms with Crippen LogP contribution in [0.5, 0.6) is 0 Å². The number of aliphatic hydroxyl groups is 1. The first-order valence-corrected chi connectivity index (χ1v) is 5.36. The van der Waals surface area contributed by atoms with E-state index < -0.39 is 5.60 Å². The summed E-state index contributed by atoms with van der Waals surface area (Å²) in [5, 5.41) is 10.4. The molecular weight excluding hydrogens is 164 g/mol. The Morgan fingerprint density at radius 3 is 3.00 bits per heavy atom. The van der Waals surface area contributed by atoms with E-state index in [1.54, 1.807) is 0 Å². The maximum absolute atomic E-state index is 10.4. The molecule has 0 saturated heterocycles. The molecule has 2 fully saturated rings. The Balaban J connectivity index is 1.85. The molecule has 3 aliphatic rings. The molecule has 2 nitrogen and oxygen atoms in total. The number of allylic oxidation sites excluding steroid dienone is 1. The van der Waals surface area contributed by atoms with E-state index in [9.17, 15) is 5.11 Å². The molecule has 1 heterocycles. The van der Waals surface area contributed by atoms with Crippen LogP contribution in [0.1, 0.15) is 32.1 Å². The maximum atomic E-state index is 10.4. The van der Waals surface area contributed by atoms with Crippen molar-refractivity contribution in [3.8, 4) is 0 Å². The van der Waals surface area contributed by atoms with Crippen molar-refractivity contribution in [3.05, 3.63) is 11.8 Å². The second kappa shape index (κ2) is 2.50. The predicted octanol–water partition coefficient (Wildman–Crippen LogP) is 1.84. The zero-order valence-electron chi connectivity index (χ0n) is 7.83. The molecular formula is C11H16O2. The summed E-state index contributed by atoms with van der Waals surface area (Å²) in [4.78, 5) is 0. The molecule has 2 aliphatic carbocycles. The van der Waals surface area contributed by atoms with Gasteiger partial charge in [0.15, 0.2) is 0 Å². The van der Waals surface area contributed by atoms with Crippen molar-refractivity contribution >= 4 is 0 Å². The molecule has 2 heteroatoms. The van der Waals surface area contributed by atoms with Crippen LogP contribution in [-0.4, -0.2) is 17.3 Å². The smallest absolute Gasteiger partial charge is 0.124 e. The molecule has 0 aromatic heterocycles. The molecule has 2 saturated carbocycles. The summed E-state index contributed by atoms with van der Waals surface area (Å²) in [6.45, 7) is 0.797. The highest BCUT2D eigenvalue weighted by Crippen LogP contribution is 2.60. The van der Waals surface area contributed by atoms with Gasteiger partial charge in [-0.25, -0.2) is 0 Å². The lowest BCUT2D eigenvalue weighted by molar-refractivity contribution is -0.00709. The predicted molar refractivity (Wildman–Crippen MR) is 49.0 cm³/mol. The van der Waals surface area contributed by atoms with Gasteiger partial charge in [-0.2, -0.15) is 0 Å². The minimum atomic E-state index is -0.564. The molecule has 0 radical (unpaired) electrons. The molecule has 0 aromatic carbocycles. The van der Waals surface area contributed by atoms with Gasteiger partial charge >= 0.3 is 0 Å². The van der Waals surface area contributed by atoms with E-state index in [-0.39, 0.29) is 0 Å². The van der Waals surface area contributed by atoms with E-state index >= 15 is 0 Å². The molecule has 1 aliphatic heterocycles. The van der Waals surface area contributed by atoms with Crippen molar-refractivity contribution in [2.45, 2.75) is 37.7 Å². The average molecular weight is 180 g/mol. The number of fused-ring (bicyclic) bond motifs is 1. The Bertz CT molecular complexity index is 259. The molecule has 0 bridgehead atoms. The summed E-state index contributed by atoms with van der Waals surface area (Å²) in [5.41, 5.74) is -0.564. The van der Waals surface area contributed by atoms with Gasteiger partial charge in [-0.05, 0) is 50.0 Å². The van der Waals surface area contributed by atoms with Gasteiger partial charge in [-0.1, -0.05) is 0 Å². The summed E-state index contributed by atoms with van der Waals surface area (Å²) in [6.07, 6.45) is 7.63. The van der Waals surface area contributed by atoms with Crippen LogP contribution in [0, 0.1) is 11.8 Å². The molecule has 0 aromatic rings. The van der Waals surface area contributed by atoms with Crippen molar-refractivity contribution in [1.29, 1.82) is 0 Å². The topological polar surface area (TPSA) is 29.5 Å². The highest BCUT2D eigenvalue weighted by atomic mass is 16.5. The quantitative estimate of drug-likeness (QED) is 0.667. The maximum Gasteiger partial charge on any atom is 0.124 e. The summed E-state index contributed by atoms with van der Waals surface area (Å²) >= 11 is 0. The molecule has 72 valence electrons. The third-order valence-electron chi connectivity index (χ3n) is 3.79. The lowest BCUT2D eigenvalue weighted by Crippen LogP contribution is -2.33. The van der Waals surface area contributed by atoms with Crippen molar-refractivity contribution in [2.75, 3.05) is 6.61 Å². The normalized spacial score (nSPS) is 47.9. The number of hydrogen-bond acceptors (Lipinski definition) is 2. The van der Waals surface area contributed by atoms with Crippen LogP contribution < -0.4 is 0 Å². The van der Waals surface area contributed by atoms with Gasteiger partial charge < -0.3 is 9.84 Å². The Kier molecular flexibility index (Phi) is 1.51. The summed E-state index contributed by atoms with van der Waals surface area (Å²) in [6, 6.07) is 0. The van der Waals surface area contributed by atoms with Gasteiger partial charge in [-0.3, -0.25) is 0 Å². The van der Waals surface area contributed by atoms with Crippen molar-refractivity contribution in [2.24, 2.45) is 11.8 Å². The van der Waals surface area contributed by atoms with E-state index in [1.807, 2.05) is 0 Å². The molecule has 3 unspecified atom stereocenters. The number of hydrogen-bond donors (Lipinski definition) is 1. The van der Waals surface area contributed by atoms with Gasteiger partial charge in [0.1, 0.15) is 11.4 Å². The van der Waals surface area contributed by atoms with Gasteiger partial charge in [0.2, 0.25) is 0 Å². The second-order valence-corrected chi connectivity index (χ2v) is 4.62. The van der Waals surface area contributed by atoms with E-state index in [0.29, 0.717) is 5.92 Å². The van der Waals surface area contributed by atoms with Crippen LogP contribution in [0.25, 0.3) is 0 Å². The number of ether oxygens (including phenoxy) is 1. The minimum absolute atomic E-state index is 0.525. The van der Waals surface area contributed by atoms with E-state index in [0.717, 1.165) is 37.5 Å². The Morgan fingerprint density at radius 2 is 2.46 bits per heavy atom. The third kappa shape index (κ3) is 1.05. The summed E-state index contributed by atoms with van der Waals surface area (Å²) in [7, 11) is 0. The SMILES string of the molecule is OC1(C2=CCCCO2)CCC2CC21. The van der Waals surface area contributed by atoms with Gasteiger partial charge in [0.25, 0.3) is 0 Å².